The summed E-state index contributed by atoms with van der Waals surface area (Å²) in [6.45, 7) is 9.01. The second-order valence-corrected chi connectivity index (χ2v) is 13.2. The molecule has 0 amide bonds. The summed E-state index contributed by atoms with van der Waals surface area (Å²) in [7, 11) is -0.0102. The van der Waals surface area contributed by atoms with Gasteiger partial charge in [-0.2, -0.15) is 0 Å². The molecule has 0 spiro atoms. The van der Waals surface area contributed by atoms with Crippen molar-refractivity contribution in [2.45, 2.75) is 90.8 Å². The fourth-order valence-electron chi connectivity index (χ4n) is 3.01. The van der Waals surface area contributed by atoms with Gasteiger partial charge in [0, 0.05) is 11.1 Å². The molecule has 0 fully saturated rings. The Labute approximate surface area is 161 Å². The Morgan fingerprint density at radius 3 is 2.12 bits per heavy atom. The number of hydrogen-bond donors (Lipinski definition) is 0. The summed E-state index contributed by atoms with van der Waals surface area (Å²) < 4.78 is 10.7. The lowest BCUT2D eigenvalue weighted by Crippen LogP contribution is -2.36. The highest BCUT2D eigenvalue weighted by Crippen LogP contribution is 2.18. The van der Waals surface area contributed by atoms with Gasteiger partial charge in [0.1, 0.15) is 8.07 Å². The van der Waals surface area contributed by atoms with Gasteiger partial charge in [0.15, 0.2) is 0 Å². The maximum atomic E-state index is 12.1. The molecule has 0 aromatic carbocycles. The van der Waals surface area contributed by atoms with E-state index in [2.05, 4.69) is 32.6 Å². The summed E-state index contributed by atoms with van der Waals surface area (Å²) >= 11 is 0. The van der Waals surface area contributed by atoms with E-state index in [1.807, 2.05) is 6.08 Å². The highest BCUT2D eigenvalue weighted by Gasteiger charge is 2.21. The van der Waals surface area contributed by atoms with Gasteiger partial charge in [-0.05, 0) is 25.0 Å². The average Bonchev–Trinajstić information content (AvgIpc) is 3.07. The van der Waals surface area contributed by atoms with E-state index in [1.165, 1.54) is 58.5 Å². The van der Waals surface area contributed by atoms with Crippen molar-refractivity contribution < 1.29 is 13.9 Å². The SMILES string of the molecule is CCCCCCCCCCC/C(=C\c1coc([Si](C)(C)C)c1)C(=O)OC. The second kappa shape index (κ2) is 12.2. The van der Waals surface area contributed by atoms with Crippen LogP contribution in [0.15, 0.2) is 22.3 Å². The number of methoxy groups -OCH3 is 1. The topological polar surface area (TPSA) is 39.4 Å². The first-order chi connectivity index (χ1) is 12.4. The predicted molar refractivity (Wildman–Crippen MR) is 114 cm³/mol. The molecule has 0 aliphatic heterocycles. The zero-order chi connectivity index (χ0) is 19.4. The van der Waals surface area contributed by atoms with Gasteiger partial charge in [-0.3, -0.25) is 0 Å². The van der Waals surface area contributed by atoms with Crippen molar-refractivity contribution in [3.05, 3.63) is 23.5 Å². The van der Waals surface area contributed by atoms with Crippen molar-refractivity contribution in [3.8, 4) is 0 Å². The minimum Gasteiger partial charge on any atom is -0.474 e. The molecule has 1 heterocycles. The standard InChI is InChI=1S/C22H38O3Si/c1-6-7-8-9-10-11-12-13-14-15-20(22(23)24-2)16-19-17-21(25-18-19)26(3,4)5/h16-18H,6-15H2,1-5H3/b20-16+. The lowest BCUT2D eigenvalue weighted by atomic mass is 10.0. The number of carbonyl (C=O) groups is 1. The van der Waals surface area contributed by atoms with Gasteiger partial charge in [0.2, 0.25) is 0 Å². The molecule has 0 saturated carbocycles. The lowest BCUT2D eigenvalue weighted by molar-refractivity contribution is -0.136. The third-order valence-electron chi connectivity index (χ3n) is 4.70. The van der Waals surface area contributed by atoms with Gasteiger partial charge >= 0.3 is 5.97 Å². The normalized spacial score (nSPS) is 12.4. The summed E-state index contributed by atoms with van der Waals surface area (Å²) in [6.07, 6.45) is 16.0. The lowest BCUT2D eigenvalue weighted by Gasteiger charge is -2.10. The van der Waals surface area contributed by atoms with Crippen LogP contribution in [0.25, 0.3) is 6.08 Å². The molecule has 4 heteroatoms. The van der Waals surface area contributed by atoms with Crippen molar-refractivity contribution in [1.82, 2.24) is 0 Å². The molecule has 0 unspecified atom stereocenters. The van der Waals surface area contributed by atoms with E-state index in [1.54, 1.807) is 6.26 Å². The maximum Gasteiger partial charge on any atom is 0.333 e. The largest absolute Gasteiger partial charge is 0.474 e. The zero-order valence-corrected chi connectivity index (χ0v) is 18.5. The van der Waals surface area contributed by atoms with Crippen LogP contribution in [0, 0.1) is 0 Å². The highest BCUT2D eigenvalue weighted by atomic mass is 28.3. The summed E-state index contributed by atoms with van der Waals surface area (Å²) in [6, 6.07) is 2.07. The Kier molecular flexibility index (Phi) is 10.6. The van der Waals surface area contributed by atoms with Crippen LogP contribution < -0.4 is 5.38 Å². The van der Waals surface area contributed by atoms with Crippen LogP contribution in [-0.2, 0) is 9.53 Å². The molecule has 0 atom stereocenters. The molecule has 0 N–H and O–H groups in total. The van der Waals surface area contributed by atoms with Gasteiger partial charge in [-0.1, -0.05) is 77.9 Å². The number of hydrogen-bond acceptors (Lipinski definition) is 3. The van der Waals surface area contributed by atoms with Gasteiger partial charge in [-0.15, -0.1) is 0 Å². The molecule has 0 aliphatic carbocycles. The van der Waals surface area contributed by atoms with E-state index in [-0.39, 0.29) is 5.97 Å². The van der Waals surface area contributed by atoms with Gasteiger partial charge in [0.25, 0.3) is 0 Å². The molecule has 3 nitrogen and oxygen atoms in total. The number of carbonyl (C=O) groups excluding carboxylic acids is 1. The third kappa shape index (κ3) is 8.88. The molecular formula is C22H38O3Si. The van der Waals surface area contributed by atoms with Crippen molar-refractivity contribution >= 4 is 25.5 Å². The Balaban J connectivity index is 2.45. The highest BCUT2D eigenvalue weighted by molar-refractivity contribution is 6.87. The minimum atomic E-state index is -1.46. The average molecular weight is 379 g/mol. The van der Waals surface area contributed by atoms with Crippen LogP contribution in [-0.4, -0.2) is 21.2 Å². The molecule has 0 aliphatic rings. The smallest absolute Gasteiger partial charge is 0.333 e. The van der Waals surface area contributed by atoms with Crippen LogP contribution in [0.1, 0.15) is 76.7 Å². The molecule has 1 aromatic heterocycles. The minimum absolute atomic E-state index is 0.222. The Morgan fingerprint density at radius 1 is 1.04 bits per heavy atom. The molecule has 26 heavy (non-hydrogen) atoms. The van der Waals surface area contributed by atoms with Crippen molar-refractivity contribution in [1.29, 1.82) is 0 Å². The molecule has 1 aromatic rings. The first-order valence-electron chi connectivity index (χ1n) is 10.3. The molecule has 0 radical (unpaired) electrons. The number of unbranched alkanes of at least 4 members (excludes halogenated alkanes) is 8. The predicted octanol–water partition coefficient (Wildman–Crippen LogP) is 6.30. The van der Waals surface area contributed by atoms with Crippen molar-refractivity contribution in [3.63, 3.8) is 0 Å². The molecule has 1 rings (SSSR count). The van der Waals surface area contributed by atoms with E-state index in [9.17, 15) is 4.79 Å². The molecule has 0 bridgehead atoms. The molecule has 0 saturated heterocycles. The fraction of sp³-hybridized carbons (Fsp3) is 0.682. The fourth-order valence-corrected chi connectivity index (χ4v) is 4.02. The van der Waals surface area contributed by atoms with Crippen LogP contribution in [0.5, 0.6) is 0 Å². The van der Waals surface area contributed by atoms with E-state index < -0.39 is 8.07 Å². The first-order valence-corrected chi connectivity index (χ1v) is 13.8. The van der Waals surface area contributed by atoms with Gasteiger partial charge in [0.05, 0.1) is 18.8 Å². The Morgan fingerprint density at radius 2 is 1.62 bits per heavy atom. The Hall–Kier alpha value is -1.29. The third-order valence-corrected chi connectivity index (χ3v) is 6.44. The summed E-state index contributed by atoms with van der Waals surface area (Å²) in [5, 5.41) is 1.07. The van der Waals surface area contributed by atoms with Gasteiger partial charge in [-0.25, -0.2) is 4.79 Å². The number of furan rings is 1. The van der Waals surface area contributed by atoms with Crippen LogP contribution in [0.4, 0.5) is 0 Å². The van der Waals surface area contributed by atoms with E-state index in [0.29, 0.717) is 0 Å². The monoisotopic (exact) mass is 378 g/mol. The quantitative estimate of drug-likeness (QED) is 0.175. The Bertz CT molecular complexity index is 552. The number of ether oxygens (including phenoxy) is 1. The number of esters is 1. The molecule has 148 valence electrons. The summed E-state index contributed by atoms with van der Waals surface area (Å²) in [5.74, 6) is -0.222. The van der Waals surface area contributed by atoms with Crippen LogP contribution in [0.2, 0.25) is 19.6 Å². The van der Waals surface area contributed by atoms with E-state index in [4.69, 9.17) is 9.15 Å². The summed E-state index contributed by atoms with van der Waals surface area (Å²) in [4.78, 5) is 12.1. The van der Waals surface area contributed by atoms with Crippen molar-refractivity contribution in [2.75, 3.05) is 7.11 Å². The van der Waals surface area contributed by atoms with E-state index >= 15 is 0 Å². The zero-order valence-electron chi connectivity index (χ0n) is 17.5. The first kappa shape index (κ1) is 22.7. The molecular weight excluding hydrogens is 340 g/mol. The van der Waals surface area contributed by atoms with Crippen LogP contribution in [0.3, 0.4) is 0 Å². The van der Waals surface area contributed by atoms with Gasteiger partial charge < -0.3 is 9.15 Å². The van der Waals surface area contributed by atoms with E-state index in [0.717, 1.165) is 29.4 Å². The van der Waals surface area contributed by atoms with Crippen molar-refractivity contribution in [2.24, 2.45) is 0 Å². The maximum absolute atomic E-state index is 12.1. The van der Waals surface area contributed by atoms with Crippen LogP contribution >= 0.6 is 0 Å². The summed E-state index contributed by atoms with van der Waals surface area (Å²) in [5.41, 5.74) is 1.72. The second-order valence-electron chi connectivity index (χ2n) is 8.23. The number of rotatable bonds is 13.